The second kappa shape index (κ2) is 13.2. The average Bonchev–Trinajstić information content (AvgIpc) is 2.84. The fourth-order valence-corrected chi connectivity index (χ4v) is 4.09. The van der Waals surface area contributed by atoms with Crippen LogP contribution in [0.3, 0.4) is 0 Å². The van der Waals surface area contributed by atoms with Crippen molar-refractivity contribution in [1.29, 1.82) is 0 Å². The zero-order valence-electron chi connectivity index (χ0n) is 21.1. The molecule has 0 spiro atoms. The van der Waals surface area contributed by atoms with Crippen LogP contribution in [0.1, 0.15) is 30.5 Å². The van der Waals surface area contributed by atoms with E-state index in [0.717, 1.165) is 18.7 Å². The number of rotatable bonds is 6. The van der Waals surface area contributed by atoms with Crippen molar-refractivity contribution < 1.29 is 41.8 Å². The predicted octanol–water partition coefficient (Wildman–Crippen LogP) is 5.04. The number of alkyl halides is 3. The van der Waals surface area contributed by atoms with E-state index in [2.05, 4.69) is 12.2 Å². The third-order valence-electron chi connectivity index (χ3n) is 5.76. The Morgan fingerprint density at radius 3 is 2.42 bits per heavy atom. The summed E-state index contributed by atoms with van der Waals surface area (Å²) >= 11 is 0. The van der Waals surface area contributed by atoms with Gasteiger partial charge in [0.15, 0.2) is 0 Å². The van der Waals surface area contributed by atoms with Gasteiger partial charge in [0.25, 0.3) is 0 Å². The zero-order chi connectivity index (χ0) is 28.6. The first kappa shape index (κ1) is 30.6. The van der Waals surface area contributed by atoms with E-state index in [-0.39, 0.29) is 23.3 Å². The smallest absolute Gasteiger partial charge is 0.490 e. The van der Waals surface area contributed by atoms with Gasteiger partial charge in [-0.1, -0.05) is 25.1 Å². The normalized spacial score (nSPS) is 16.2. The molecule has 3 N–H and O–H groups in total. The molecule has 2 amide bonds. The highest BCUT2D eigenvalue weighted by Gasteiger charge is 2.38. The van der Waals surface area contributed by atoms with Gasteiger partial charge in [-0.25, -0.2) is 18.4 Å². The third kappa shape index (κ3) is 8.44. The number of nitrogens with one attached hydrogen (secondary N) is 1. The molecule has 2 atom stereocenters. The molecule has 0 bridgehead atoms. The highest BCUT2D eigenvalue weighted by atomic mass is 19.4. The second-order valence-corrected chi connectivity index (χ2v) is 8.93. The number of phenols is 1. The number of amides is 2. The van der Waals surface area contributed by atoms with Crippen LogP contribution < -0.4 is 5.32 Å². The fraction of sp³-hybridized carbons (Fsp3) is 0.385. The van der Waals surface area contributed by atoms with Crippen LogP contribution in [-0.2, 0) is 4.79 Å². The Labute approximate surface area is 217 Å². The predicted molar refractivity (Wildman–Crippen MR) is 131 cm³/mol. The number of carboxylic acid groups (broad SMARTS) is 1. The Bertz CT molecular complexity index is 1160. The van der Waals surface area contributed by atoms with E-state index in [4.69, 9.17) is 9.90 Å². The summed E-state index contributed by atoms with van der Waals surface area (Å²) in [5.74, 6) is -3.41. The first-order chi connectivity index (χ1) is 17.7. The molecule has 0 aromatic heterocycles. The molecule has 7 nitrogen and oxygen atoms in total. The van der Waals surface area contributed by atoms with Gasteiger partial charge >= 0.3 is 18.2 Å². The van der Waals surface area contributed by atoms with Gasteiger partial charge < -0.3 is 25.3 Å². The van der Waals surface area contributed by atoms with Crippen LogP contribution >= 0.6 is 0 Å². The van der Waals surface area contributed by atoms with Crippen molar-refractivity contribution in [2.45, 2.75) is 25.6 Å². The molecule has 0 saturated heterocycles. The number of hydrogen-bond acceptors (Lipinski definition) is 4. The van der Waals surface area contributed by atoms with E-state index >= 15 is 0 Å². The van der Waals surface area contributed by atoms with E-state index in [9.17, 15) is 31.9 Å². The van der Waals surface area contributed by atoms with E-state index < -0.39 is 29.8 Å². The molecule has 1 aliphatic heterocycles. The summed E-state index contributed by atoms with van der Waals surface area (Å²) < 4.78 is 59.9. The molecule has 1 heterocycles. The lowest BCUT2D eigenvalue weighted by atomic mass is 9.92. The van der Waals surface area contributed by atoms with Crippen LogP contribution in [0.25, 0.3) is 5.57 Å². The minimum absolute atomic E-state index is 0.0818. The van der Waals surface area contributed by atoms with Crippen LogP contribution in [0.2, 0.25) is 0 Å². The van der Waals surface area contributed by atoms with Gasteiger partial charge in [-0.15, -0.1) is 0 Å². The molecule has 2 aromatic carbocycles. The maximum Gasteiger partial charge on any atom is 0.490 e. The number of benzene rings is 2. The Morgan fingerprint density at radius 1 is 1.18 bits per heavy atom. The monoisotopic (exact) mass is 543 g/mol. The van der Waals surface area contributed by atoms with Crippen LogP contribution in [-0.4, -0.2) is 71.9 Å². The molecule has 2 unspecified atom stereocenters. The standard InChI is InChI=1S/C24H29F2N3O2.C2HF3O2/c1-16(14-27-2)15-28(3)24(31)29-10-9-17(21-13-19(25)7-8-22(21)26)12-23(29)18-5-4-6-20(30)11-18;3-2(4,5)1(6)7/h4-8,11-13,16,23,27,30H,9-10,14-15H2,1-3H3;(H,6,7). The van der Waals surface area contributed by atoms with Crippen molar-refractivity contribution >= 4 is 17.6 Å². The molecule has 0 aliphatic carbocycles. The molecule has 38 heavy (non-hydrogen) atoms. The first-order valence-corrected chi connectivity index (χ1v) is 11.7. The van der Waals surface area contributed by atoms with Crippen molar-refractivity contribution in [3.05, 3.63) is 71.3 Å². The van der Waals surface area contributed by atoms with Crippen LogP contribution in [0.15, 0.2) is 48.5 Å². The number of aromatic hydroxyl groups is 1. The maximum atomic E-state index is 14.4. The first-order valence-electron chi connectivity index (χ1n) is 11.7. The van der Waals surface area contributed by atoms with Gasteiger partial charge in [-0.3, -0.25) is 0 Å². The minimum Gasteiger partial charge on any atom is -0.508 e. The van der Waals surface area contributed by atoms with Gasteiger partial charge in [-0.2, -0.15) is 13.2 Å². The lowest BCUT2D eigenvalue weighted by Crippen LogP contribution is -2.46. The number of nitrogens with zero attached hydrogens (tertiary/aromatic N) is 2. The number of hydrogen-bond donors (Lipinski definition) is 3. The summed E-state index contributed by atoms with van der Waals surface area (Å²) in [6.07, 6.45) is -2.89. The molecule has 1 aliphatic rings. The van der Waals surface area contributed by atoms with Crippen molar-refractivity contribution in [2.75, 3.05) is 33.7 Å². The highest BCUT2D eigenvalue weighted by molar-refractivity contribution is 5.78. The lowest BCUT2D eigenvalue weighted by molar-refractivity contribution is -0.192. The van der Waals surface area contributed by atoms with Crippen molar-refractivity contribution in [1.82, 2.24) is 15.1 Å². The van der Waals surface area contributed by atoms with Crippen LogP contribution in [0, 0.1) is 17.6 Å². The van der Waals surface area contributed by atoms with E-state index in [0.29, 0.717) is 30.6 Å². The number of carbonyl (C=O) groups is 2. The van der Waals surface area contributed by atoms with E-state index in [1.165, 1.54) is 6.07 Å². The Balaban J connectivity index is 0.000000638. The quantitative estimate of drug-likeness (QED) is 0.444. The lowest BCUT2D eigenvalue weighted by Gasteiger charge is -2.38. The third-order valence-corrected chi connectivity index (χ3v) is 5.76. The molecule has 0 saturated carbocycles. The average molecular weight is 544 g/mol. The zero-order valence-corrected chi connectivity index (χ0v) is 21.1. The number of phenolic OH excluding ortho intramolecular Hbond substituents is 1. The van der Waals surface area contributed by atoms with Gasteiger partial charge in [-0.05, 0) is 67.4 Å². The number of urea groups is 1. The van der Waals surface area contributed by atoms with Gasteiger partial charge in [0.2, 0.25) is 0 Å². The largest absolute Gasteiger partial charge is 0.508 e. The summed E-state index contributed by atoms with van der Waals surface area (Å²) in [4.78, 5) is 25.6. The maximum absolute atomic E-state index is 14.4. The molecule has 12 heteroatoms. The summed E-state index contributed by atoms with van der Waals surface area (Å²) in [6, 6.07) is 9.40. The SMILES string of the molecule is CNCC(C)CN(C)C(=O)N1CCC(c2cc(F)ccc2F)=CC1c1cccc(O)c1.O=C(O)C(F)(F)F. The summed E-state index contributed by atoms with van der Waals surface area (Å²) in [5.41, 5.74) is 1.55. The molecule has 208 valence electrons. The van der Waals surface area contributed by atoms with Crippen molar-refractivity contribution in [2.24, 2.45) is 5.92 Å². The highest BCUT2D eigenvalue weighted by Crippen LogP contribution is 2.36. The van der Waals surface area contributed by atoms with Gasteiger partial charge in [0.05, 0.1) is 6.04 Å². The summed E-state index contributed by atoms with van der Waals surface area (Å²) in [5, 5.41) is 20.2. The van der Waals surface area contributed by atoms with Crippen LogP contribution in [0.4, 0.5) is 26.7 Å². The van der Waals surface area contributed by atoms with Gasteiger partial charge in [0, 0.05) is 25.7 Å². The fourth-order valence-electron chi connectivity index (χ4n) is 4.09. The summed E-state index contributed by atoms with van der Waals surface area (Å²) in [6.45, 7) is 3.79. The Kier molecular flexibility index (Phi) is 10.6. The summed E-state index contributed by atoms with van der Waals surface area (Å²) in [7, 11) is 3.64. The number of aliphatic carboxylic acids is 1. The molecule has 2 aromatic rings. The number of carboxylic acids is 1. The molecule has 0 fully saturated rings. The van der Waals surface area contributed by atoms with E-state index in [1.54, 1.807) is 41.1 Å². The molecular formula is C26H30F5N3O4. The minimum atomic E-state index is -5.08. The van der Waals surface area contributed by atoms with E-state index in [1.807, 2.05) is 13.1 Å². The second-order valence-electron chi connectivity index (χ2n) is 8.93. The number of carbonyl (C=O) groups excluding carboxylic acids is 1. The Hall–Kier alpha value is -3.67. The molecular weight excluding hydrogens is 513 g/mol. The van der Waals surface area contributed by atoms with Gasteiger partial charge in [0.1, 0.15) is 17.4 Å². The number of halogens is 5. The van der Waals surface area contributed by atoms with Crippen LogP contribution in [0.5, 0.6) is 5.75 Å². The molecule has 0 radical (unpaired) electrons. The van der Waals surface area contributed by atoms with Crippen molar-refractivity contribution in [3.8, 4) is 5.75 Å². The molecule has 3 rings (SSSR count). The van der Waals surface area contributed by atoms with Crippen molar-refractivity contribution in [3.63, 3.8) is 0 Å². The topological polar surface area (TPSA) is 93.1 Å². The Morgan fingerprint density at radius 2 is 1.84 bits per heavy atom.